The van der Waals surface area contributed by atoms with E-state index in [1.165, 1.54) is 0 Å². The van der Waals surface area contributed by atoms with Gasteiger partial charge in [0, 0.05) is 6.54 Å². The molecule has 0 radical (unpaired) electrons. The molecule has 7 heteroatoms. The van der Waals surface area contributed by atoms with E-state index in [9.17, 15) is 4.79 Å². The van der Waals surface area contributed by atoms with Crippen LogP contribution in [0.15, 0.2) is 9.95 Å². The molecule has 2 N–H and O–H groups in total. The minimum absolute atomic E-state index is 0. The Hall–Kier alpha value is -0.170. The van der Waals surface area contributed by atoms with Gasteiger partial charge in [-0.05, 0) is 11.6 Å². The van der Waals surface area contributed by atoms with Crippen LogP contribution in [-0.2, 0) is 12.6 Å². The Bertz CT molecular complexity index is 330. The van der Waals surface area contributed by atoms with Gasteiger partial charge in [0.05, 0.1) is 0 Å². The molecule has 0 aliphatic heterocycles. The molecule has 1 rings (SSSR count). The molecule has 0 saturated carbocycles. The molecule has 0 fully saturated rings. The standard InChI is InChI=1S/C7H12N4OS.Na/c1-2-3-4-8-5-9-6(12)11-7(13)10-5;/h2-4H2,1H3,(H3,8,9,10,11,12,13);/q;+1/p-1. The third-order valence-corrected chi connectivity index (χ3v) is 1.64. The summed E-state index contributed by atoms with van der Waals surface area (Å²) in [6, 6.07) is 0. The van der Waals surface area contributed by atoms with E-state index in [2.05, 4.69) is 27.2 Å². The van der Waals surface area contributed by atoms with Crippen molar-refractivity contribution in [2.45, 2.75) is 24.9 Å². The summed E-state index contributed by atoms with van der Waals surface area (Å²) in [5.74, 6) is 0.308. The second-order valence-corrected chi connectivity index (χ2v) is 2.95. The molecule has 0 saturated heterocycles. The Balaban J connectivity index is 0.00000169. The molecule has 0 spiro atoms. The number of hydrogen-bond donors (Lipinski definition) is 2. The minimum Gasteiger partial charge on any atom is -0.742 e. The summed E-state index contributed by atoms with van der Waals surface area (Å²) in [7, 11) is 0. The van der Waals surface area contributed by atoms with Crippen molar-refractivity contribution in [2.75, 3.05) is 11.9 Å². The molecule has 0 aromatic carbocycles. The normalized spacial score (nSPS) is 9.21. The molecule has 0 unspecified atom stereocenters. The van der Waals surface area contributed by atoms with E-state index in [1.807, 2.05) is 0 Å². The minimum atomic E-state index is -0.459. The summed E-state index contributed by atoms with van der Waals surface area (Å²) >= 11 is 4.72. The van der Waals surface area contributed by atoms with Crippen LogP contribution in [0.3, 0.4) is 0 Å². The molecule has 0 aliphatic rings. The zero-order valence-corrected chi connectivity index (χ0v) is 11.1. The topological polar surface area (TPSA) is 70.7 Å². The molecule has 72 valence electrons. The molecule has 5 nitrogen and oxygen atoms in total. The van der Waals surface area contributed by atoms with E-state index in [1.54, 1.807) is 0 Å². The van der Waals surface area contributed by atoms with Gasteiger partial charge >= 0.3 is 35.2 Å². The maximum absolute atomic E-state index is 10.8. The number of nitrogens with zero attached hydrogens (tertiary/aromatic N) is 2. The quantitative estimate of drug-likeness (QED) is 0.329. The van der Waals surface area contributed by atoms with Gasteiger partial charge in [-0.25, -0.2) is 9.78 Å². The molecule has 0 amide bonds. The van der Waals surface area contributed by atoms with Gasteiger partial charge in [0.1, 0.15) is 0 Å². The van der Waals surface area contributed by atoms with Gasteiger partial charge in [0.2, 0.25) is 5.95 Å². The van der Waals surface area contributed by atoms with Gasteiger partial charge < -0.3 is 22.9 Å². The smallest absolute Gasteiger partial charge is 0.742 e. The van der Waals surface area contributed by atoms with Gasteiger partial charge in [-0.1, -0.05) is 13.3 Å². The molecule has 14 heavy (non-hydrogen) atoms. The summed E-state index contributed by atoms with van der Waals surface area (Å²) in [5.41, 5.74) is -0.459. The van der Waals surface area contributed by atoms with Crippen LogP contribution < -0.4 is 40.6 Å². The number of unbranched alkanes of at least 4 members (excludes halogenated alkanes) is 1. The zero-order valence-electron chi connectivity index (χ0n) is 8.33. The summed E-state index contributed by atoms with van der Waals surface area (Å²) < 4.78 is 0. The fourth-order valence-corrected chi connectivity index (χ4v) is 0.995. The first-order chi connectivity index (χ1) is 6.22. The fourth-order valence-electron chi connectivity index (χ4n) is 0.821. The molecule has 0 aliphatic carbocycles. The largest absolute Gasteiger partial charge is 1.00 e. The molecular weight excluding hydrogens is 211 g/mol. The van der Waals surface area contributed by atoms with E-state index in [4.69, 9.17) is 12.6 Å². The Labute approximate surface area is 110 Å². The van der Waals surface area contributed by atoms with Crippen LogP contribution in [0.1, 0.15) is 19.8 Å². The van der Waals surface area contributed by atoms with Crippen LogP contribution in [0.5, 0.6) is 0 Å². The number of aromatic amines is 1. The van der Waals surface area contributed by atoms with Gasteiger partial charge in [0.15, 0.2) is 0 Å². The average Bonchev–Trinajstić information content (AvgIpc) is 2.03. The molecule has 1 heterocycles. The van der Waals surface area contributed by atoms with Crippen LogP contribution in [0.25, 0.3) is 0 Å². The zero-order chi connectivity index (χ0) is 9.68. The van der Waals surface area contributed by atoms with Crippen molar-refractivity contribution < 1.29 is 29.6 Å². The second kappa shape index (κ2) is 7.17. The summed E-state index contributed by atoms with van der Waals surface area (Å²) in [5, 5.41) is 3.08. The Morgan fingerprint density at radius 1 is 1.50 bits per heavy atom. The van der Waals surface area contributed by atoms with Gasteiger partial charge in [0.25, 0.3) is 0 Å². The number of H-pyrrole nitrogens is 1. The Kier molecular flexibility index (Phi) is 7.08. The van der Waals surface area contributed by atoms with Crippen molar-refractivity contribution in [3.05, 3.63) is 10.5 Å². The number of anilines is 1. The van der Waals surface area contributed by atoms with E-state index < -0.39 is 5.69 Å². The summed E-state index contributed by atoms with van der Waals surface area (Å²) in [6.07, 6.45) is 2.10. The molecule has 1 aromatic rings. The van der Waals surface area contributed by atoms with E-state index >= 15 is 0 Å². The van der Waals surface area contributed by atoms with Crippen LogP contribution in [-0.4, -0.2) is 21.5 Å². The van der Waals surface area contributed by atoms with Crippen molar-refractivity contribution >= 4 is 18.6 Å². The van der Waals surface area contributed by atoms with E-state index in [0.717, 1.165) is 19.4 Å². The van der Waals surface area contributed by atoms with Crippen LogP contribution in [0.2, 0.25) is 0 Å². The molecular formula is C7H11N4NaOS. The van der Waals surface area contributed by atoms with E-state index in [0.29, 0.717) is 5.95 Å². The van der Waals surface area contributed by atoms with Gasteiger partial charge in [-0.2, -0.15) is 4.98 Å². The molecule has 0 bridgehead atoms. The maximum atomic E-state index is 10.8. The van der Waals surface area contributed by atoms with E-state index in [-0.39, 0.29) is 34.7 Å². The first-order valence-electron chi connectivity index (χ1n) is 4.11. The number of rotatable bonds is 4. The van der Waals surface area contributed by atoms with Crippen LogP contribution >= 0.6 is 0 Å². The van der Waals surface area contributed by atoms with Crippen molar-refractivity contribution in [1.29, 1.82) is 0 Å². The van der Waals surface area contributed by atoms with Gasteiger partial charge in [-0.3, -0.25) is 0 Å². The number of hydrogen-bond acceptors (Lipinski definition) is 5. The Morgan fingerprint density at radius 3 is 2.79 bits per heavy atom. The first kappa shape index (κ1) is 13.8. The van der Waals surface area contributed by atoms with Crippen molar-refractivity contribution in [3.8, 4) is 0 Å². The summed E-state index contributed by atoms with van der Waals surface area (Å²) in [4.78, 5) is 20.6. The van der Waals surface area contributed by atoms with Crippen LogP contribution in [0, 0.1) is 0 Å². The second-order valence-electron chi connectivity index (χ2n) is 2.56. The maximum Gasteiger partial charge on any atom is 1.00 e. The fraction of sp³-hybridized carbons (Fsp3) is 0.571. The Morgan fingerprint density at radius 2 is 2.21 bits per heavy atom. The monoisotopic (exact) mass is 222 g/mol. The van der Waals surface area contributed by atoms with Gasteiger partial charge in [-0.15, -0.1) is 0 Å². The number of aromatic nitrogens is 3. The predicted molar refractivity (Wildman–Crippen MR) is 51.7 cm³/mol. The predicted octanol–water partition coefficient (Wildman–Crippen LogP) is -2.71. The SMILES string of the molecule is CCCCNc1nc([S-])[nH]c(=O)n1.[Na+]. The third-order valence-electron chi connectivity index (χ3n) is 1.44. The molecule has 0 atom stereocenters. The van der Waals surface area contributed by atoms with Crippen molar-refractivity contribution in [2.24, 2.45) is 0 Å². The van der Waals surface area contributed by atoms with Crippen molar-refractivity contribution in [3.63, 3.8) is 0 Å². The number of nitrogens with one attached hydrogen (secondary N) is 2. The molecule has 1 aromatic heterocycles. The average molecular weight is 222 g/mol. The van der Waals surface area contributed by atoms with Crippen LogP contribution in [0.4, 0.5) is 5.95 Å². The third kappa shape index (κ3) is 4.90. The van der Waals surface area contributed by atoms with Crippen molar-refractivity contribution in [1.82, 2.24) is 15.0 Å². The first-order valence-corrected chi connectivity index (χ1v) is 4.52. The summed E-state index contributed by atoms with van der Waals surface area (Å²) in [6.45, 7) is 2.84.